The fourth-order valence-electron chi connectivity index (χ4n) is 3.91. The van der Waals surface area contributed by atoms with Crippen molar-refractivity contribution in [3.63, 3.8) is 0 Å². The molecule has 1 fully saturated rings. The Balaban J connectivity index is 1.48. The van der Waals surface area contributed by atoms with Gasteiger partial charge in [0.1, 0.15) is 17.3 Å². The summed E-state index contributed by atoms with van der Waals surface area (Å²) in [6.07, 6.45) is 8.47. The number of hydrogen-bond acceptors (Lipinski definition) is 5. The number of benzene rings is 1. The van der Waals surface area contributed by atoms with Crippen molar-refractivity contribution in [1.29, 1.82) is 0 Å². The first-order valence-electron chi connectivity index (χ1n) is 10.4. The molecule has 0 spiro atoms. The molecule has 31 heavy (non-hydrogen) atoms. The Labute approximate surface area is 184 Å². The van der Waals surface area contributed by atoms with Crippen LogP contribution in [0.4, 0.5) is 10.2 Å². The molecule has 2 heterocycles. The molecule has 0 unspecified atom stereocenters. The Morgan fingerprint density at radius 1 is 1.13 bits per heavy atom. The van der Waals surface area contributed by atoms with Gasteiger partial charge in [-0.2, -0.15) is 0 Å². The maximum absolute atomic E-state index is 14.5. The van der Waals surface area contributed by atoms with E-state index in [0.717, 1.165) is 49.8 Å². The third-order valence-corrected chi connectivity index (χ3v) is 5.97. The third kappa shape index (κ3) is 4.10. The highest BCUT2D eigenvalue weighted by Crippen LogP contribution is 2.39. The maximum Gasteiger partial charge on any atom is 0.254 e. The molecule has 6 nitrogen and oxygen atoms in total. The molecule has 1 amide bonds. The SMILES string of the molecule is O=C(NC1(Nc2nc(-c3cc(Cl)ccc3F)nc3c2CCCC3)CC1)c1cccnc1. The number of halogens is 2. The molecule has 0 radical (unpaired) electrons. The molecule has 5 rings (SSSR count). The largest absolute Gasteiger partial charge is 0.347 e. The number of rotatable bonds is 5. The Bertz CT molecular complexity index is 1150. The van der Waals surface area contributed by atoms with Crippen molar-refractivity contribution in [1.82, 2.24) is 20.3 Å². The predicted molar refractivity (Wildman–Crippen MR) is 116 cm³/mol. The zero-order valence-electron chi connectivity index (χ0n) is 16.8. The van der Waals surface area contributed by atoms with Gasteiger partial charge in [-0.1, -0.05) is 11.6 Å². The quantitative estimate of drug-likeness (QED) is 0.573. The van der Waals surface area contributed by atoms with Gasteiger partial charge in [0.25, 0.3) is 5.91 Å². The van der Waals surface area contributed by atoms with Gasteiger partial charge in [-0.25, -0.2) is 14.4 Å². The number of carbonyl (C=O) groups is 1. The lowest BCUT2D eigenvalue weighted by molar-refractivity contribution is 0.0936. The van der Waals surface area contributed by atoms with Gasteiger partial charge in [0.2, 0.25) is 0 Å². The van der Waals surface area contributed by atoms with Gasteiger partial charge in [-0.05, 0) is 68.9 Å². The summed E-state index contributed by atoms with van der Waals surface area (Å²) in [5, 5.41) is 6.94. The van der Waals surface area contributed by atoms with E-state index in [1.54, 1.807) is 24.4 Å². The monoisotopic (exact) mass is 437 g/mol. The molecule has 8 heteroatoms. The van der Waals surface area contributed by atoms with Gasteiger partial charge < -0.3 is 10.6 Å². The zero-order chi connectivity index (χ0) is 21.4. The number of nitrogens with zero attached hydrogens (tertiary/aromatic N) is 3. The second-order valence-corrected chi connectivity index (χ2v) is 8.49. The Morgan fingerprint density at radius 3 is 2.74 bits per heavy atom. The highest BCUT2D eigenvalue weighted by Gasteiger charge is 2.45. The van der Waals surface area contributed by atoms with Crippen molar-refractivity contribution in [3.8, 4) is 11.4 Å². The number of hydrogen-bond donors (Lipinski definition) is 2. The molecular formula is C23H21ClFN5O. The average molecular weight is 438 g/mol. The smallest absolute Gasteiger partial charge is 0.254 e. The van der Waals surface area contributed by atoms with E-state index in [1.807, 2.05) is 0 Å². The van der Waals surface area contributed by atoms with Crippen molar-refractivity contribution in [2.24, 2.45) is 0 Å². The third-order valence-electron chi connectivity index (χ3n) is 5.74. The van der Waals surface area contributed by atoms with Crippen LogP contribution in [0.1, 0.15) is 47.3 Å². The van der Waals surface area contributed by atoms with Crippen LogP contribution in [-0.2, 0) is 12.8 Å². The Morgan fingerprint density at radius 2 is 1.97 bits per heavy atom. The fourth-order valence-corrected chi connectivity index (χ4v) is 4.08. The second kappa shape index (κ2) is 7.89. The minimum absolute atomic E-state index is 0.192. The van der Waals surface area contributed by atoms with E-state index in [4.69, 9.17) is 11.6 Å². The molecule has 0 saturated heterocycles. The van der Waals surface area contributed by atoms with Crippen molar-refractivity contribution >= 4 is 23.3 Å². The van der Waals surface area contributed by atoms with E-state index in [-0.39, 0.29) is 11.5 Å². The zero-order valence-corrected chi connectivity index (χ0v) is 17.5. The lowest BCUT2D eigenvalue weighted by atomic mass is 9.96. The molecule has 0 aliphatic heterocycles. The van der Waals surface area contributed by atoms with Crippen LogP contribution in [0.2, 0.25) is 5.02 Å². The van der Waals surface area contributed by atoms with Gasteiger partial charge in [0, 0.05) is 28.7 Å². The predicted octanol–water partition coefficient (Wildman–Crippen LogP) is 4.54. The number of amides is 1. The first-order chi connectivity index (χ1) is 15.0. The molecule has 0 atom stereocenters. The molecular weight excluding hydrogens is 417 g/mol. The summed E-state index contributed by atoms with van der Waals surface area (Å²) < 4.78 is 14.5. The molecule has 158 valence electrons. The van der Waals surface area contributed by atoms with Gasteiger partial charge in [0.05, 0.1) is 11.1 Å². The van der Waals surface area contributed by atoms with Crippen LogP contribution >= 0.6 is 11.6 Å². The van der Waals surface area contributed by atoms with Crippen molar-refractivity contribution in [2.75, 3.05) is 5.32 Å². The molecule has 2 N–H and O–H groups in total. The van der Waals surface area contributed by atoms with Crippen LogP contribution < -0.4 is 10.6 Å². The maximum atomic E-state index is 14.5. The molecule has 1 saturated carbocycles. The summed E-state index contributed by atoms with van der Waals surface area (Å²) in [6.45, 7) is 0. The van der Waals surface area contributed by atoms with E-state index in [1.165, 1.54) is 18.3 Å². The lowest BCUT2D eigenvalue weighted by Gasteiger charge is -2.25. The summed E-state index contributed by atoms with van der Waals surface area (Å²) in [5.74, 6) is 0.347. The summed E-state index contributed by atoms with van der Waals surface area (Å²) in [7, 11) is 0. The number of carbonyl (C=O) groups excluding carboxylic acids is 1. The first kappa shape index (κ1) is 19.9. The van der Waals surface area contributed by atoms with E-state index in [2.05, 4.69) is 25.6 Å². The standard InChI is InChI=1S/C23H21ClFN5O/c24-15-7-8-18(25)17(12-15)20-27-19-6-2-1-5-16(19)21(28-20)29-23(9-10-23)30-22(31)14-4-3-11-26-13-14/h3-4,7-8,11-13H,1-2,5-6,9-10H2,(H,30,31)(H,27,28,29). The number of aromatic nitrogens is 3. The minimum atomic E-state index is -0.573. The van der Waals surface area contributed by atoms with E-state index in [0.29, 0.717) is 22.2 Å². The van der Waals surface area contributed by atoms with Gasteiger partial charge in [-0.15, -0.1) is 0 Å². The summed E-state index contributed by atoms with van der Waals surface area (Å²) >= 11 is 6.09. The number of aryl methyl sites for hydroxylation is 1. The molecule has 3 aromatic rings. The lowest BCUT2D eigenvalue weighted by Crippen LogP contribution is -2.43. The number of fused-ring (bicyclic) bond motifs is 1. The Hall–Kier alpha value is -3.06. The van der Waals surface area contributed by atoms with Gasteiger partial charge >= 0.3 is 0 Å². The Kier molecular flexibility index (Phi) is 5.06. The van der Waals surface area contributed by atoms with E-state index >= 15 is 0 Å². The van der Waals surface area contributed by atoms with Crippen molar-refractivity contribution in [2.45, 2.75) is 44.2 Å². The topological polar surface area (TPSA) is 79.8 Å². The van der Waals surface area contributed by atoms with Crippen LogP contribution in [0.5, 0.6) is 0 Å². The summed E-state index contributed by atoms with van der Waals surface area (Å²) in [4.78, 5) is 26.0. The highest BCUT2D eigenvalue weighted by atomic mass is 35.5. The molecule has 2 aliphatic rings. The van der Waals surface area contributed by atoms with Gasteiger partial charge in [-0.3, -0.25) is 9.78 Å². The van der Waals surface area contributed by atoms with Gasteiger partial charge in [0.15, 0.2) is 5.82 Å². The average Bonchev–Trinajstić information content (AvgIpc) is 3.54. The summed E-state index contributed by atoms with van der Waals surface area (Å²) in [5.41, 5.74) is 2.17. The molecule has 2 aromatic heterocycles. The van der Waals surface area contributed by atoms with Crippen LogP contribution in [0, 0.1) is 5.82 Å². The van der Waals surface area contributed by atoms with Crippen molar-refractivity contribution in [3.05, 3.63) is 70.4 Å². The van der Waals surface area contributed by atoms with Crippen LogP contribution in [0.25, 0.3) is 11.4 Å². The number of nitrogens with one attached hydrogen (secondary N) is 2. The van der Waals surface area contributed by atoms with Crippen LogP contribution in [0.15, 0.2) is 42.7 Å². The van der Waals surface area contributed by atoms with E-state index in [9.17, 15) is 9.18 Å². The number of pyridine rings is 1. The highest BCUT2D eigenvalue weighted by molar-refractivity contribution is 6.30. The normalized spacial score (nSPS) is 16.3. The molecule has 1 aromatic carbocycles. The first-order valence-corrected chi connectivity index (χ1v) is 10.8. The fraction of sp³-hybridized carbons (Fsp3) is 0.304. The van der Waals surface area contributed by atoms with Crippen LogP contribution in [-0.4, -0.2) is 26.5 Å². The summed E-state index contributed by atoms with van der Waals surface area (Å²) in [6, 6.07) is 7.83. The molecule has 2 aliphatic carbocycles. The van der Waals surface area contributed by atoms with Crippen molar-refractivity contribution < 1.29 is 9.18 Å². The second-order valence-electron chi connectivity index (χ2n) is 8.06. The number of anilines is 1. The van der Waals surface area contributed by atoms with E-state index < -0.39 is 11.5 Å². The van der Waals surface area contributed by atoms with Crippen LogP contribution in [0.3, 0.4) is 0 Å². The molecule has 0 bridgehead atoms. The minimum Gasteiger partial charge on any atom is -0.347 e.